The summed E-state index contributed by atoms with van der Waals surface area (Å²) in [6.07, 6.45) is 0.687. The molecule has 3 heterocycles. The number of aromatic nitrogens is 2. The first kappa shape index (κ1) is 16.3. The zero-order valence-corrected chi connectivity index (χ0v) is 13.8. The predicted octanol–water partition coefficient (Wildman–Crippen LogP) is 0.802. The zero-order valence-electron chi connectivity index (χ0n) is 13.8. The van der Waals surface area contributed by atoms with Crippen molar-refractivity contribution in [1.29, 1.82) is 0 Å². The van der Waals surface area contributed by atoms with Gasteiger partial charge in [-0.15, -0.1) is 0 Å². The largest absolute Gasteiger partial charge is 0.464 e. The van der Waals surface area contributed by atoms with Crippen molar-refractivity contribution in [2.75, 3.05) is 43.4 Å². The van der Waals surface area contributed by atoms with Gasteiger partial charge in [-0.1, -0.05) is 0 Å². The molecule has 0 bridgehead atoms. The molecule has 24 heavy (non-hydrogen) atoms. The topological polar surface area (TPSA) is 94.7 Å². The van der Waals surface area contributed by atoms with Crippen LogP contribution in [0.1, 0.15) is 17.6 Å². The number of likely N-dealkylation sites (N-methyl/N-ethyl adjacent to an activating group) is 1. The maximum absolute atomic E-state index is 11.8. The van der Waals surface area contributed by atoms with E-state index in [0.717, 1.165) is 12.3 Å². The van der Waals surface area contributed by atoms with Crippen LogP contribution in [0.15, 0.2) is 28.9 Å². The van der Waals surface area contributed by atoms with Crippen LogP contribution in [-0.4, -0.2) is 59.1 Å². The van der Waals surface area contributed by atoms with Gasteiger partial charge in [0.1, 0.15) is 35.6 Å². The molecule has 1 aliphatic heterocycles. The number of furan rings is 1. The number of aryl methyl sites for hydroxylation is 1. The monoisotopic (exact) mass is 331 g/mol. The molecule has 1 amide bonds. The number of carbonyl (C=O) groups excluding carboxylic acids is 1. The molecule has 2 aromatic rings. The summed E-state index contributed by atoms with van der Waals surface area (Å²) >= 11 is 0. The molecule has 0 aromatic carbocycles. The summed E-state index contributed by atoms with van der Waals surface area (Å²) in [7, 11) is 1.80. The highest BCUT2D eigenvalue weighted by Gasteiger charge is 2.22. The van der Waals surface area contributed by atoms with Crippen molar-refractivity contribution in [3.05, 3.63) is 36.0 Å². The third-order valence-corrected chi connectivity index (χ3v) is 4.00. The maximum Gasteiger partial charge on any atom is 0.241 e. The third kappa shape index (κ3) is 3.65. The minimum absolute atomic E-state index is 0.0676. The van der Waals surface area contributed by atoms with Crippen molar-refractivity contribution < 1.29 is 14.3 Å². The molecule has 1 aliphatic rings. The molecule has 1 unspecified atom stereocenters. The number of anilines is 2. The smallest absolute Gasteiger partial charge is 0.241 e. The van der Waals surface area contributed by atoms with Crippen molar-refractivity contribution in [1.82, 2.24) is 14.9 Å². The van der Waals surface area contributed by atoms with Gasteiger partial charge in [0.15, 0.2) is 0 Å². The highest BCUT2D eigenvalue weighted by Crippen LogP contribution is 2.19. The second-order valence-electron chi connectivity index (χ2n) is 5.84. The molecule has 0 aliphatic carbocycles. The van der Waals surface area contributed by atoms with Crippen LogP contribution in [-0.2, 0) is 4.79 Å². The number of hydrogen-bond donors (Lipinski definition) is 2. The van der Waals surface area contributed by atoms with E-state index in [9.17, 15) is 9.90 Å². The molecule has 0 spiro atoms. The Kier molecular flexibility index (Phi) is 4.66. The molecular formula is C16H21N5O3. The van der Waals surface area contributed by atoms with Crippen LogP contribution >= 0.6 is 0 Å². The van der Waals surface area contributed by atoms with Crippen LogP contribution in [0.25, 0.3) is 0 Å². The number of nitrogens with zero attached hydrogens (tertiary/aromatic N) is 4. The van der Waals surface area contributed by atoms with Crippen molar-refractivity contribution in [3.63, 3.8) is 0 Å². The summed E-state index contributed by atoms with van der Waals surface area (Å²) in [5.41, 5.74) is 0. The molecule has 1 saturated heterocycles. The van der Waals surface area contributed by atoms with E-state index in [1.54, 1.807) is 24.1 Å². The van der Waals surface area contributed by atoms with Crippen LogP contribution < -0.4 is 10.2 Å². The molecule has 8 nitrogen and oxygen atoms in total. The van der Waals surface area contributed by atoms with E-state index in [2.05, 4.69) is 15.3 Å². The number of rotatable bonds is 5. The van der Waals surface area contributed by atoms with E-state index >= 15 is 0 Å². The Balaban J connectivity index is 1.62. The number of aliphatic hydroxyl groups excluding tert-OH is 1. The van der Waals surface area contributed by atoms with Gasteiger partial charge >= 0.3 is 0 Å². The van der Waals surface area contributed by atoms with Crippen LogP contribution in [0.5, 0.6) is 0 Å². The van der Waals surface area contributed by atoms with Crippen molar-refractivity contribution in [2.24, 2.45) is 0 Å². The molecule has 1 fully saturated rings. The summed E-state index contributed by atoms with van der Waals surface area (Å²) in [5, 5.41) is 13.2. The van der Waals surface area contributed by atoms with Gasteiger partial charge in [0.25, 0.3) is 0 Å². The minimum atomic E-state index is -0.762. The Morgan fingerprint density at radius 1 is 1.38 bits per heavy atom. The standard InChI is InChI=1S/C16H21N5O3/c1-11-3-4-13(24-11)12(22)8-17-14-7-15(19-10-18-14)21-6-5-20(2)16(23)9-21/h3-4,7,10,12,22H,5-6,8-9H2,1-2H3,(H,17,18,19). The van der Waals surface area contributed by atoms with Crippen LogP contribution in [0.4, 0.5) is 11.6 Å². The van der Waals surface area contributed by atoms with Gasteiger partial charge in [-0.3, -0.25) is 4.79 Å². The summed E-state index contributed by atoms with van der Waals surface area (Å²) in [4.78, 5) is 23.8. The summed E-state index contributed by atoms with van der Waals surface area (Å²) in [5.74, 6) is 2.62. The van der Waals surface area contributed by atoms with Crippen LogP contribution in [0.3, 0.4) is 0 Å². The Bertz CT molecular complexity index is 717. The molecule has 2 aromatic heterocycles. The highest BCUT2D eigenvalue weighted by molar-refractivity contribution is 5.82. The first-order chi connectivity index (χ1) is 11.5. The molecule has 3 rings (SSSR count). The Hall–Kier alpha value is -2.61. The minimum Gasteiger partial charge on any atom is -0.464 e. The van der Waals surface area contributed by atoms with E-state index in [-0.39, 0.29) is 12.5 Å². The average Bonchev–Trinajstić information content (AvgIpc) is 3.02. The molecule has 128 valence electrons. The van der Waals surface area contributed by atoms with Gasteiger partial charge in [0.05, 0.1) is 6.54 Å². The quantitative estimate of drug-likeness (QED) is 0.837. The first-order valence-corrected chi connectivity index (χ1v) is 7.82. The van der Waals surface area contributed by atoms with Crippen molar-refractivity contribution >= 4 is 17.5 Å². The van der Waals surface area contributed by atoms with E-state index < -0.39 is 6.10 Å². The lowest BCUT2D eigenvalue weighted by Crippen LogP contribution is -2.48. The Morgan fingerprint density at radius 2 is 2.21 bits per heavy atom. The van der Waals surface area contributed by atoms with E-state index in [1.807, 2.05) is 17.9 Å². The van der Waals surface area contributed by atoms with Gasteiger partial charge in [-0.25, -0.2) is 9.97 Å². The zero-order chi connectivity index (χ0) is 17.1. The van der Waals surface area contributed by atoms with Crippen LogP contribution in [0.2, 0.25) is 0 Å². The molecular weight excluding hydrogens is 310 g/mol. The normalized spacial score (nSPS) is 16.4. The van der Waals surface area contributed by atoms with Gasteiger partial charge in [0.2, 0.25) is 5.91 Å². The van der Waals surface area contributed by atoms with Crippen LogP contribution in [0, 0.1) is 6.92 Å². The SMILES string of the molecule is Cc1ccc(C(O)CNc2cc(N3CCN(C)C(=O)C3)ncn2)o1. The molecule has 8 heteroatoms. The molecule has 0 saturated carbocycles. The number of piperazine rings is 1. The summed E-state index contributed by atoms with van der Waals surface area (Å²) in [6, 6.07) is 5.34. The summed E-state index contributed by atoms with van der Waals surface area (Å²) in [6.45, 7) is 3.80. The van der Waals surface area contributed by atoms with E-state index in [4.69, 9.17) is 4.42 Å². The number of carbonyl (C=O) groups is 1. The molecule has 0 radical (unpaired) electrons. The number of aliphatic hydroxyl groups is 1. The van der Waals surface area contributed by atoms with E-state index in [0.29, 0.717) is 30.5 Å². The van der Waals surface area contributed by atoms with Crippen molar-refractivity contribution in [2.45, 2.75) is 13.0 Å². The fourth-order valence-corrected chi connectivity index (χ4v) is 2.51. The van der Waals surface area contributed by atoms with Gasteiger partial charge < -0.3 is 24.6 Å². The fraction of sp³-hybridized carbons (Fsp3) is 0.438. The number of amides is 1. The number of hydrogen-bond acceptors (Lipinski definition) is 7. The van der Waals surface area contributed by atoms with Gasteiger partial charge in [-0.05, 0) is 19.1 Å². The predicted molar refractivity (Wildman–Crippen MR) is 88.8 cm³/mol. The highest BCUT2D eigenvalue weighted by atomic mass is 16.4. The second-order valence-corrected chi connectivity index (χ2v) is 5.84. The average molecular weight is 331 g/mol. The third-order valence-electron chi connectivity index (χ3n) is 4.00. The summed E-state index contributed by atoms with van der Waals surface area (Å²) < 4.78 is 5.40. The molecule has 1 atom stereocenters. The first-order valence-electron chi connectivity index (χ1n) is 7.82. The fourth-order valence-electron chi connectivity index (χ4n) is 2.51. The second kappa shape index (κ2) is 6.88. The maximum atomic E-state index is 11.8. The number of nitrogens with one attached hydrogen (secondary N) is 1. The van der Waals surface area contributed by atoms with Gasteiger partial charge in [0, 0.05) is 32.7 Å². The lowest BCUT2D eigenvalue weighted by molar-refractivity contribution is -0.129. The lowest BCUT2D eigenvalue weighted by atomic mass is 10.2. The van der Waals surface area contributed by atoms with E-state index in [1.165, 1.54) is 6.33 Å². The van der Waals surface area contributed by atoms with Crippen molar-refractivity contribution in [3.8, 4) is 0 Å². The molecule has 2 N–H and O–H groups in total. The lowest BCUT2D eigenvalue weighted by Gasteiger charge is -2.32. The Labute approximate surface area is 140 Å². The van der Waals surface area contributed by atoms with Gasteiger partial charge in [-0.2, -0.15) is 0 Å². The Morgan fingerprint density at radius 3 is 2.92 bits per heavy atom.